The van der Waals surface area contributed by atoms with E-state index in [1.54, 1.807) is 0 Å². The Kier molecular flexibility index (Phi) is 62.2. The molecule has 0 fully saturated rings. The third-order valence-corrected chi connectivity index (χ3v) is 14.8. The molecule has 0 heterocycles. The number of esters is 3. The van der Waals surface area contributed by atoms with Gasteiger partial charge in [-0.05, 0) is 83.5 Å². The van der Waals surface area contributed by atoms with Crippen LogP contribution in [0.3, 0.4) is 0 Å². The van der Waals surface area contributed by atoms with Gasteiger partial charge in [0.1, 0.15) is 13.2 Å². The summed E-state index contributed by atoms with van der Waals surface area (Å²) in [4.78, 5) is 38.3. The van der Waals surface area contributed by atoms with Crippen LogP contribution in [0.1, 0.15) is 348 Å². The molecule has 0 aromatic rings. The fourth-order valence-corrected chi connectivity index (χ4v) is 9.79. The van der Waals surface area contributed by atoms with Crippen LogP contribution in [0, 0.1) is 0 Å². The first-order valence-electron chi connectivity index (χ1n) is 33.3. The van der Waals surface area contributed by atoms with Gasteiger partial charge in [0.25, 0.3) is 0 Å². The molecule has 0 bridgehead atoms. The van der Waals surface area contributed by atoms with E-state index in [2.05, 4.69) is 81.5 Å². The average Bonchev–Trinajstić information content (AvgIpc) is 3.42. The lowest BCUT2D eigenvalue weighted by molar-refractivity contribution is -0.167. The van der Waals surface area contributed by atoms with Crippen LogP contribution in [0.15, 0.2) is 60.8 Å². The van der Waals surface area contributed by atoms with E-state index in [0.717, 1.165) is 83.5 Å². The molecule has 0 spiro atoms. The first kappa shape index (κ1) is 73.1. The molecule has 6 heteroatoms. The zero-order chi connectivity index (χ0) is 55.0. The molecular weight excluding hydrogens is 937 g/mol. The van der Waals surface area contributed by atoms with Crippen LogP contribution in [-0.2, 0) is 28.6 Å². The fraction of sp³-hybridized carbons (Fsp3) is 0.814. The van der Waals surface area contributed by atoms with Gasteiger partial charge in [0.2, 0.25) is 0 Å². The second-order valence-corrected chi connectivity index (χ2v) is 22.4. The van der Waals surface area contributed by atoms with Crippen molar-refractivity contribution in [3.05, 3.63) is 60.8 Å². The van der Waals surface area contributed by atoms with Crippen LogP contribution in [-0.4, -0.2) is 37.2 Å². The molecule has 6 nitrogen and oxygen atoms in total. The highest BCUT2D eigenvalue weighted by Gasteiger charge is 2.19. The summed E-state index contributed by atoms with van der Waals surface area (Å²) in [6.45, 7) is 6.57. The summed E-state index contributed by atoms with van der Waals surface area (Å²) in [6.07, 6.45) is 82.3. The van der Waals surface area contributed by atoms with Gasteiger partial charge >= 0.3 is 17.9 Å². The Labute approximate surface area is 472 Å². The Bertz CT molecular complexity index is 1360. The van der Waals surface area contributed by atoms with Crippen molar-refractivity contribution in [3.8, 4) is 0 Å². The predicted octanol–water partition coefficient (Wildman–Crippen LogP) is 22.7. The lowest BCUT2D eigenvalue weighted by atomic mass is 10.0. The summed E-state index contributed by atoms with van der Waals surface area (Å²) in [5.41, 5.74) is 0. The van der Waals surface area contributed by atoms with Crippen LogP contribution < -0.4 is 0 Å². The highest BCUT2D eigenvalue weighted by molar-refractivity contribution is 5.71. The zero-order valence-electron chi connectivity index (χ0n) is 50.8. The number of allylic oxidation sites excluding steroid dienone is 10. The summed E-state index contributed by atoms with van der Waals surface area (Å²) >= 11 is 0. The molecule has 442 valence electrons. The lowest BCUT2D eigenvalue weighted by Gasteiger charge is -2.18. The third-order valence-electron chi connectivity index (χ3n) is 14.8. The van der Waals surface area contributed by atoms with E-state index < -0.39 is 6.10 Å². The van der Waals surface area contributed by atoms with E-state index in [0.29, 0.717) is 19.3 Å². The molecule has 0 N–H and O–H groups in total. The maximum atomic E-state index is 12.9. The van der Waals surface area contributed by atoms with Gasteiger partial charge < -0.3 is 14.2 Å². The molecule has 1 atom stereocenters. The second-order valence-electron chi connectivity index (χ2n) is 22.4. The number of hydrogen-bond donors (Lipinski definition) is 0. The first-order valence-corrected chi connectivity index (χ1v) is 33.3. The molecule has 0 saturated carbocycles. The van der Waals surface area contributed by atoms with Crippen molar-refractivity contribution in [2.24, 2.45) is 0 Å². The third kappa shape index (κ3) is 62.0. The van der Waals surface area contributed by atoms with Crippen molar-refractivity contribution in [1.82, 2.24) is 0 Å². The van der Waals surface area contributed by atoms with Crippen LogP contribution in [0.2, 0.25) is 0 Å². The summed E-state index contributed by atoms with van der Waals surface area (Å²) in [5.74, 6) is -0.857. The van der Waals surface area contributed by atoms with Gasteiger partial charge in [-0.2, -0.15) is 0 Å². The standard InChI is InChI=1S/C70H126O6/c1-4-7-10-13-16-19-22-25-27-29-31-33-35-37-39-41-43-45-48-51-54-57-60-63-69(72)75-66-67(65-74-68(71)62-59-56-53-50-47-24-21-18-15-12-9-6-3)76-70(73)64-61-58-55-52-49-46-44-42-40-38-36-34-32-30-28-26-23-20-17-14-11-8-5-2/h7,10,16,19,25,27,30-33,67H,4-6,8-9,11-15,17-18,20-24,26,28-29,34-66H2,1-3H3/b10-7-,19-16-,27-25-,32-30-,33-31-. The van der Waals surface area contributed by atoms with Crippen LogP contribution in [0.5, 0.6) is 0 Å². The SMILES string of the molecule is CC/C=C\C/C=C\C/C=C\C/C=C\CCCCCCCCCCCCC(=O)OCC(COC(=O)CCCCCCCCCCCCCC)OC(=O)CCCCCCCCCCCCC/C=C\CCCCCCCCCC. The number of ether oxygens (including phenoxy) is 3. The molecule has 0 aromatic carbocycles. The van der Waals surface area contributed by atoms with Crippen molar-refractivity contribution in [3.63, 3.8) is 0 Å². The minimum atomic E-state index is -0.775. The van der Waals surface area contributed by atoms with E-state index in [1.807, 2.05) is 0 Å². The second kappa shape index (κ2) is 64.6. The first-order chi connectivity index (χ1) is 37.5. The molecule has 1 unspecified atom stereocenters. The van der Waals surface area contributed by atoms with Gasteiger partial charge in [-0.25, -0.2) is 0 Å². The number of rotatable bonds is 61. The zero-order valence-corrected chi connectivity index (χ0v) is 50.8. The van der Waals surface area contributed by atoms with Gasteiger partial charge in [-0.15, -0.1) is 0 Å². The summed E-state index contributed by atoms with van der Waals surface area (Å²) in [5, 5.41) is 0. The molecule has 0 aromatic heterocycles. The summed E-state index contributed by atoms with van der Waals surface area (Å²) in [6, 6.07) is 0. The largest absolute Gasteiger partial charge is 0.462 e. The van der Waals surface area contributed by atoms with Gasteiger partial charge in [0, 0.05) is 19.3 Å². The van der Waals surface area contributed by atoms with Crippen molar-refractivity contribution in [2.45, 2.75) is 354 Å². The Morgan fingerprint density at radius 3 is 0.816 bits per heavy atom. The van der Waals surface area contributed by atoms with E-state index >= 15 is 0 Å². The number of unbranched alkanes of at least 4 members (excludes halogenated alkanes) is 40. The monoisotopic (exact) mass is 1060 g/mol. The van der Waals surface area contributed by atoms with Gasteiger partial charge in [0.05, 0.1) is 0 Å². The molecular formula is C70H126O6. The molecule has 0 aliphatic heterocycles. The van der Waals surface area contributed by atoms with Crippen molar-refractivity contribution in [2.75, 3.05) is 13.2 Å². The molecule has 0 aliphatic rings. The smallest absolute Gasteiger partial charge is 0.306 e. The van der Waals surface area contributed by atoms with Gasteiger partial charge in [-0.3, -0.25) is 14.4 Å². The number of carbonyl (C=O) groups is 3. The van der Waals surface area contributed by atoms with Crippen LogP contribution in [0.4, 0.5) is 0 Å². The Morgan fingerprint density at radius 2 is 0.513 bits per heavy atom. The average molecular weight is 1060 g/mol. The van der Waals surface area contributed by atoms with Crippen LogP contribution in [0.25, 0.3) is 0 Å². The van der Waals surface area contributed by atoms with E-state index in [-0.39, 0.29) is 31.1 Å². The Morgan fingerprint density at radius 1 is 0.276 bits per heavy atom. The molecule has 0 saturated heterocycles. The molecule has 0 rings (SSSR count). The number of carbonyl (C=O) groups excluding carboxylic acids is 3. The van der Waals surface area contributed by atoms with Crippen LogP contribution >= 0.6 is 0 Å². The highest BCUT2D eigenvalue weighted by atomic mass is 16.6. The maximum Gasteiger partial charge on any atom is 0.306 e. The van der Waals surface area contributed by atoms with Crippen molar-refractivity contribution < 1.29 is 28.6 Å². The quantitative estimate of drug-likeness (QED) is 0.0261. The van der Waals surface area contributed by atoms with Crippen molar-refractivity contribution in [1.29, 1.82) is 0 Å². The fourth-order valence-electron chi connectivity index (χ4n) is 9.79. The molecule has 0 amide bonds. The Balaban J connectivity index is 4.27. The highest BCUT2D eigenvalue weighted by Crippen LogP contribution is 2.17. The van der Waals surface area contributed by atoms with E-state index in [1.165, 1.54) is 225 Å². The van der Waals surface area contributed by atoms with E-state index in [4.69, 9.17) is 14.2 Å². The normalized spacial score (nSPS) is 12.4. The molecule has 0 aliphatic carbocycles. The minimum absolute atomic E-state index is 0.0716. The maximum absolute atomic E-state index is 12.9. The van der Waals surface area contributed by atoms with Gasteiger partial charge in [0.15, 0.2) is 6.10 Å². The predicted molar refractivity (Wildman–Crippen MR) is 330 cm³/mol. The lowest BCUT2D eigenvalue weighted by Crippen LogP contribution is -2.30. The topological polar surface area (TPSA) is 78.9 Å². The minimum Gasteiger partial charge on any atom is -0.462 e. The molecule has 76 heavy (non-hydrogen) atoms. The van der Waals surface area contributed by atoms with Crippen molar-refractivity contribution >= 4 is 17.9 Å². The Hall–Kier alpha value is -2.89. The van der Waals surface area contributed by atoms with Gasteiger partial charge in [-0.1, -0.05) is 306 Å². The van der Waals surface area contributed by atoms with E-state index in [9.17, 15) is 14.4 Å². The molecule has 0 radical (unpaired) electrons. The summed E-state index contributed by atoms with van der Waals surface area (Å²) in [7, 11) is 0. The number of hydrogen-bond acceptors (Lipinski definition) is 6. The summed E-state index contributed by atoms with van der Waals surface area (Å²) < 4.78 is 17.0.